The van der Waals surface area contributed by atoms with Crippen LogP contribution in [0.5, 0.6) is 5.88 Å². The summed E-state index contributed by atoms with van der Waals surface area (Å²) < 4.78 is 5.62. The van der Waals surface area contributed by atoms with Gasteiger partial charge in [-0.15, -0.1) is 0 Å². The number of carbonyl (C=O) groups excluding carboxylic acids is 2. The Kier molecular flexibility index (Phi) is 8.79. The molecular weight excluding hydrogens is 521 g/mol. The van der Waals surface area contributed by atoms with Crippen molar-refractivity contribution in [3.63, 3.8) is 0 Å². The average Bonchev–Trinajstić information content (AvgIpc) is 3.33. The van der Waals surface area contributed by atoms with E-state index >= 15 is 0 Å². The normalized spacial score (nSPS) is 13.2. The number of thioether (sulfide) groups is 1. The van der Waals surface area contributed by atoms with Crippen LogP contribution >= 0.6 is 35.0 Å². The minimum atomic E-state index is -0.761. The van der Waals surface area contributed by atoms with Crippen molar-refractivity contribution in [2.45, 2.75) is 42.6 Å². The summed E-state index contributed by atoms with van der Waals surface area (Å²) in [6.45, 7) is -0.245. The molecule has 0 radical (unpaired) electrons. The molecule has 8 nitrogen and oxygen atoms in total. The first-order valence-electron chi connectivity index (χ1n) is 11.4. The fraction of sp³-hybridized carbons (Fsp3) is 0.320. The van der Waals surface area contributed by atoms with E-state index in [-0.39, 0.29) is 18.3 Å². The van der Waals surface area contributed by atoms with Crippen LogP contribution in [0.4, 0.5) is 0 Å². The molecule has 0 fully saturated rings. The zero-order valence-electron chi connectivity index (χ0n) is 19.6. The van der Waals surface area contributed by atoms with Crippen LogP contribution in [0.2, 0.25) is 10.0 Å². The van der Waals surface area contributed by atoms with Crippen LogP contribution in [0.15, 0.2) is 47.9 Å². The van der Waals surface area contributed by atoms with E-state index in [9.17, 15) is 9.59 Å². The maximum atomic E-state index is 12.7. The second-order valence-corrected chi connectivity index (χ2v) is 10.2. The first-order valence-corrected chi connectivity index (χ1v) is 13.1. The molecule has 1 amide bonds. The van der Waals surface area contributed by atoms with Gasteiger partial charge in [-0.2, -0.15) is 4.98 Å². The number of hydrogen-bond acceptors (Lipinski definition) is 8. The molecule has 1 aromatic carbocycles. The zero-order chi connectivity index (χ0) is 25.7. The fourth-order valence-electron chi connectivity index (χ4n) is 3.89. The van der Waals surface area contributed by atoms with Crippen molar-refractivity contribution in [3.8, 4) is 5.88 Å². The van der Waals surface area contributed by atoms with E-state index < -0.39 is 12.0 Å². The first kappa shape index (κ1) is 26.3. The number of likely N-dealkylation sites (N-methyl/N-ethyl adjacent to an activating group) is 1. The van der Waals surface area contributed by atoms with Crippen molar-refractivity contribution in [1.29, 1.82) is 0 Å². The maximum Gasteiger partial charge on any atom is 0.332 e. The molecule has 0 unspecified atom stereocenters. The van der Waals surface area contributed by atoms with Crippen LogP contribution < -0.4 is 10.5 Å². The lowest BCUT2D eigenvalue weighted by Gasteiger charge is -2.20. The molecule has 1 atom stereocenters. The highest BCUT2D eigenvalue weighted by atomic mass is 35.5. The highest BCUT2D eigenvalue weighted by molar-refractivity contribution is 7.98. The quantitative estimate of drug-likeness (QED) is 0.245. The molecule has 0 spiro atoms. The van der Waals surface area contributed by atoms with Gasteiger partial charge in [0.15, 0.2) is 5.16 Å². The van der Waals surface area contributed by atoms with Gasteiger partial charge in [0.2, 0.25) is 11.8 Å². The molecule has 0 saturated heterocycles. The first-order chi connectivity index (χ1) is 17.3. The molecule has 1 aliphatic rings. The molecule has 3 aromatic rings. The average molecular weight is 546 g/mol. The molecular formula is C25H25Cl2N5O3S. The Hall–Kier alpha value is -2.72. The largest absolute Gasteiger partial charge is 0.406 e. The summed E-state index contributed by atoms with van der Waals surface area (Å²) >= 11 is 13.8. The highest BCUT2D eigenvalue weighted by Crippen LogP contribution is 2.33. The van der Waals surface area contributed by atoms with Gasteiger partial charge < -0.3 is 15.4 Å². The summed E-state index contributed by atoms with van der Waals surface area (Å²) in [5.74, 6) is -0.276. The predicted octanol–water partition coefficient (Wildman–Crippen LogP) is 3.89. The van der Waals surface area contributed by atoms with E-state index in [1.54, 1.807) is 0 Å². The molecule has 11 heteroatoms. The number of nitrogens with zero attached hydrogens (tertiary/aromatic N) is 4. The number of ether oxygens (including phenoxy) is 1. The number of carbonyl (C=O) groups is 2. The third-order valence-corrected chi connectivity index (χ3v) is 7.27. The minimum Gasteiger partial charge on any atom is -0.406 e. The Morgan fingerprint density at radius 1 is 1.14 bits per heavy atom. The van der Waals surface area contributed by atoms with Crippen LogP contribution in [0.25, 0.3) is 0 Å². The Labute approximate surface area is 223 Å². The lowest BCUT2D eigenvalue weighted by Crippen LogP contribution is -2.45. The number of pyridine rings is 1. The highest BCUT2D eigenvalue weighted by Gasteiger charge is 2.25. The maximum absolute atomic E-state index is 12.7. The van der Waals surface area contributed by atoms with Gasteiger partial charge in [0.1, 0.15) is 6.54 Å². The Balaban J connectivity index is 1.40. The molecule has 2 heterocycles. The summed E-state index contributed by atoms with van der Waals surface area (Å²) in [6.07, 6.45) is 5.84. The molecule has 2 aromatic heterocycles. The Morgan fingerprint density at radius 2 is 1.86 bits per heavy atom. The number of nitrogens with two attached hydrogens (primary N) is 1. The topological polar surface area (TPSA) is 111 Å². The number of fused-ring (bicyclic) bond motifs is 1. The summed E-state index contributed by atoms with van der Waals surface area (Å²) in [5.41, 5.74) is 9.44. The van der Waals surface area contributed by atoms with Gasteiger partial charge in [0, 0.05) is 36.3 Å². The molecule has 4 rings (SSSR count). The second kappa shape index (κ2) is 12.0. The number of hydrogen-bond donors (Lipinski definition) is 1. The molecule has 0 bridgehead atoms. The van der Waals surface area contributed by atoms with Gasteiger partial charge in [-0.1, -0.05) is 65.3 Å². The lowest BCUT2D eigenvalue weighted by molar-refractivity contribution is -0.142. The van der Waals surface area contributed by atoms with Crippen LogP contribution in [-0.2, 0) is 34.6 Å². The van der Waals surface area contributed by atoms with Gasteiger partial charge in [-0.3, -0.25) is 9.78 Å². The molecule has 188 valence electrons. The summed E-state index contributed by atoms with van der Waals surface area (Å²) in [4.78, 5) is 39.8. The molecule has 2 N–H and O–H groups in total. The van der Waals surface area contributed by atoms with Gasteiger partial charge in [-0.25, -0.2) is 9.78 Å². The molecule has 36 heavy (non-hydrogen) atoms. The minimum absolute atomic E-state index is 0.228. The second-order valence-electron chi connectivity index (χ2n) is 8.43. The van der Waals surface area contributed by atoms with E-state index in [0.29, 0.717) is 27.4 Å². The fourth-order valence-corrected chi connectivity index (χ4v) is 5.45. The van der Waals surface area contributed by atoms with Gasteiger partial charge >= 0.3 is 5.97 Å². The van der Waals surface area contributed by atoms with Crippen molar-refractivity contribution in [2.75, 3.05) is 13.6 Å². The molecule has 1 aliphatic carbocycles. The molecule has 0 aliphatic heterocycles. The molecule has 0 saturated carbocycles. The van der Waals surface area contributed by atoms with Crippen LogP contribution in [0, 0.1) is 0 Å². The number of halogens is 2. The summed E-state index contributed by atoms with van der Waals surface area (Å²) in [7, 11) is 1.53. The van der Waals surface area contributed by atoms with Crippen LogP contribution in [0.1, 0.15) is 28.8 Å². The van der Waals surface area contributed by atoms with Gasteiger partial charge in [-0.05, 0) is 31.2 Å². The zero-order valence-corrected chi connectivity index (χ0v) is 21.9. The summed E-state index contributed by atoms with van der Waals surface area (Å²) in [6, 6.07) is 8.73. The van der Waals surface area contributed by atoms with Crippen LogP contribution in [0.3, 0.4) is 0 Å². The SMILES string of the molecule is CN(CC(=O)Oc1nc(SCc2c(Cl)cncc2Cl)nc2c1CCC2)C(=O)[C@@H](N)Cc1ccccc1. The number of esters is 1. The van der Waals surface area contributed by atoms with Gasteiger partial charge in [0.05, 0.1) is 21.8 Å². The standard InChI is InChI=1S/C25H25Cl2N5O3S/c1-32(24(34)20(28)10-15-6-3-2-4-7-15)13-22(33)35-23-16-8-5-9-21(16)30-25(31-23)36-14-17-18(26)11-29-12-19(17)27/h2-4,6-7,11-12,20H,5,8-10,13-14,28H2,1H3/t20-/m0/s1. The number of rotatable bonds is 9. The number of amides is 1. The van der Waals surface area contributed by atoms with Crippen molar-refractivity contribution >= 4 is 46.8 Å². The Morgan fingerprint density at radius 3 is 2.58 bits per heavy atom. The third kappa shape index (κ3) is 6.53. The number of benzene rings is 1. The number of aryl methyl sites for hydroxylation is 1. The smallest absolute Gasteiger partial charge is 0.332 e. The third-order valence-electron chi connectivity index (χ3n) is 5.74. The van der Waals surface area contributed by atoms with Crippen molar-refractivity contribution < 1.29 is 14.3 Å². The van der Waals surface area contributed by atoms with Gasteiger partial charge in [0.25, 0.3) is 0 Å². The predicted molar refractivity (Wildman–Crippen MR) is 139 cm³/mol. The van der Waals surface area contributed by atoms with Crippen molar-refractivity contribution in [1.82, 2.24) is 19.9 Å². The van der Waals surface area contributed by atoms with E-state index in [2.05, 4.69) is 15.0 Å². The van der Waals surface area contributed by atoms with Crippen molar-refractivity contribution in [3.05, 3.63) is 75.2 Å². The van der Waals surface area contributed by atoms with Crippen LogP contribution in [-0.4, -0.2) is 51.4 Å². The number of aromatic nitrogens is 3. The summed E-state index contributed by atoms with van der Waals surface area (Å²) in [5, 5.41) is 1.37. The Bertz CT molecular complexity index is 1240. The van der Waals surface area contributed by atoms with E-state index in [4.69, 9.17) is 33.7 Å². The monoisotopic (exact) mass is 545 g/mol. The van der Waals surface area contributed by atoms with E-state index in [1.807, 2.05) is 30.3 Å². The van der Waals surface area contributed by atoms with Crippen molar-refractivity contribution in [2.24, 2.45) is 5.73 Å². The van der Waals surface area contributed by atoms with E-state index in [0.717, 1.165) is 41.6 Å². The lowest BCUT2D eigenvalue weighted by atomic mass is 10.1. The van der Waals surface area contributed by atoms with E-state index in [1.165, 1.54) is 36.1 Å².